The van der Waals surface area contributed by atoms with Gasteiger partial charge in [-0.3, -0.25) is 0 Å². The molecule has 0 radical (unpaired) electrons. The van der Waals surface area contributed by atoms with Gasteiger partial charge in [-0.05, 0) is 51.9 Å². The van der Waals surface area contributed by atoms with Crippen LogP contribution in [0.3, 0.4) is 0 Å². The lowest BCUT2D eigenvalue weighted by molar-refractivity contribution is 0.195. The van der Waals surface area contributed by atoms with E-state index >= 15 is 0 Å². The van der Waals surface area contributed by atoms with Crippen molar-refractivity contribution in [2.45, 2.75) is 71.3 Å². The maximum Gasteiger partial charge on any atom is 0.00914 e. The molecule has 2 heteroatoms. The Labute approximate surface area is 108 Å². The van der Waals surface area contributed by atoms with Gasteiger partial charge in [0.15, 0.2) is 0 Å². The minimum atomic E-state index is 0.800. The molecule has 1 saturated heterocycles. The quantitative estimate of drug-likeness (QED) is 0.621. The van der Waals surface area contributed by atoms with E-state index < -0.39 is 0 Å². The standard InChI is InChI=1S/C15H32N2/c1-3-5-7-8-11-16-15-9-13-17(14-10-15)12-6-4-2/h15-16H,3-14H2,1-2H3. The summed E-state index contributed by atoms with van der Waals surface area (Å²) in [6, 6.07) is 0.800. The van der Waals surface area contributed by atoms with E-state index in [1.165, 1.54) is 77.5 Å². The fraction of sp³-hybridized carbons (Fsp3) is 1.00. The van der Waals surface area contributed by atoms with E-state index in [2.05, 4.69) is 24.1 Å². The Hall–Kier alpha value is -0.0800. The number of nitrogens with one attached hydrogen (secondary N) is 1. The molecular weight excluding hydrogens is 208 g/mol. The average molecular weight is 240 g/mol. The first-order valence-electron chi connectivity index (χ1n) is 7.82. The summed E-state index contributed by atoms with van der Waals surface area (Å²) < 4.78 is 0. The van der Waals surface area contributed by atoms with Gasteiger partial charge in [0, 0.05) is 6.04 Å². The lowest BCUT2D eigenvalue weighted by Crippen LogP contribution is -2.43. The number of likely N-dealkylation sites (tertiary alicyclic amines) is 1. The van der Waals surface area contributed by atoms with Crippen molar-refractivity contribution in [3.8, 4) is 0 Å². The second-order valence-corrected chi connectivity index (χ2v) is 5.48. The monoisotopic (exact) mass is 240 g/mol. The summed E-state index contributed by atoms with van der Waals surface area (Å²) in [5.74, 6) is 0. The summed E-state index contributed by atoms with van der Waals surface area (Å²) >= 11 is 0. The predicted octanol–water partition coefficient (Wildman–Crippen LogP) is 3.42. The molecule has 0 amide bonds. The zero-order valence-electron chi connectivity index (χ0n) is 12.0. The van der Waals surface area contributed by atoms with Gasteiger partial charge >= 0.3 is 0 Å². The highest BCUT2D eigenvalue weighted by molar-refractivity contribution is 4.76. The zero-order valence-corrected chi connectivity index (χ0v) is 12.0. The molecule has 0 aromatic heterocycles. The number of hydrogen-bond donors (Lipinski definition) is 1. The molecule has 1 fully saturated rings. The molecule has 1 aliphatic rings. The summed E-state index contributed by atoms with van der Waals surface area (Å²) in [4.78, 5) is 2.64. The molecule has 0 aromatic rings. The Morgan fingerprint density at radius 3 is 2.29 bits per heavy atom. The van der Waals surface area contributed by atoms with Crippen molar-refractivity contribution in [1.82, 2.24) is 10.2 Å². The van der Waals surface area contributed by atoms with Gasteiger partial charge in [-0.2, -0.15) is 0 Å². The molecule has 0 saturated carbocycles. The van der Waals surface area contributed by atoms with Gasteiger partial charge in [0.25, 0.3) is 0 Å². The van der Waals surface area contributed by atoms with Crippen LogP contribution in [0.2, 0.25) is 0 Å². The van der Waals surface area contributed by atoms with Crippen molar-refractivity contribution >= 4 is 0 Å². The number of nitrogens with zero attached hydrogens (tertiary/aromatic N) is 1. The number of unbranched alkanes of at least 4 members (excludes halogenated alkanes) is 4. The Kier molecular flexibility index (Phi) is 8.72. The molecule has 17 heavy (non-hydrogen) atoms. The minimum Gasteiger partial charge on any atom is -0.314 e. The highest BCUT2D eigenvalue weighted by Gasteiger charge is 2.17. The number of rotatable bonds is 9. The maximum atomic E-state index is 3.73. The van der Waals surface area contributed by atoms with E-state index in [1.807, 2.05) is 0 Å². The Morgan fingerprint density at radius 1 is 0.941 bits per heavy atom. The Bertz CT molecular complexity index is 160. The number of piperidine rings is 1. The van der Waals surface area contributed by atoms with E-state index in [4.69, 9.17) is 0 Å². The first-order chi connectivity index (χ1) is 8.36. The summed E-state index contributed by atoms with van der Waals surface area (Å²) in [6.45, 7) is 9.74. The Morgan fingerprint density at radius 2 is 1.65 bits per heavy atom. The van der Waals surface area contributed by atoms with E-state index in [9.17, 15) is 0 Å². The molecule has 0 spiro atoms. The van der Waals surface area contributed by atoms with Crippen LogP contribution >= 0.6 is 0 Å². The first kappa shape index (κ1) is 15.0. The third-order valence-electron chi connectivity index (χ3n) is 3.88. The van der Waals surface area contributed by atoms with Crippen LogP contribution in [0.1, 0.15) is 65.2 Å². The molecule has 1 aliphatic heterocycles. The molecular formula is C15H32N2. The van der Waals surface area contributed by atoms with E-state index in [0.717, 1.165) is 6.04 Å². The van der Waals surface area contributed by atoms with Crippen LogP contribution in [0.15, 0.2) is 0 Å². The van der Waals surface area contributed by atoms with E-state index in [-0.39, 0.29) is 0 Å². The fourth-order valence-corrected chi connectivity index (χ4v) is 2.60. The maximum absolute atomic E-state index is 3.73. The van der Waals surface area contributed by atoms with Crippen LogP contribution in [-0.4, -0.2) is 37.1 Å². The first-order valence-corrected chi connectivity index (χ1v) is 7.82. The molecule has 0 atom stereocenters. The zero-order chi connectivity index (χ0) is 12.3. The van der Waals surface area contributed by atoms with Gasteiger partial charge < -0.3 is 10.2 Å². The molecule has 1 heterocycles. The SMILES string of the molecule is CCCCCCNC1CCN(CCCC)CC1. The third kappa shape index (κ3) is 7.05. The lowest BCUT2D eigenvalue weighted by atomic mass is 10.0. The third-order valence-corrected chi connectivity index (χ3v) is 3.88. The van der Waals surface area contributed by atoms with Gasteiger partial charge in [0.05, 0.1) is 0 Å². The summed E-state index contributed by atoms with van der Waals surface area (Å²) in [5.41, 5.74) is 0. The highest BCUT2D eigenvalue weighted by atomic mass is 15.1. The van der Waals surface area contributed by atoms with Crippen molar-refractivity contribution in [3.63, 3.8) is 0 Å². The van der Waals surface area contributed by atoms with Gasteiger partial charge in [0.1, 0.15) is 0 Å². The molecule has 102 valence electrons. The normalized spacial score (nSPS) is 18.7. The molecule has 1 N–H and O–H groups in total. The van der Waals surface area contributed by atoms with Gasteiger partial charge in [-0.15, -0.1) is 0 Å². The van der Waals surface area contributed by atoms with Crippen molar-refractivity contribution < 1.29 is 0 Å². The average Bonchev–Trinajstić information content (AvgIpc) is 2.37. The van der Waals surface area contributed by atoms with Gasteiger partial charge in [-0.25, -0.2) is 0 Å². The van der Waals surface area contributed by atoms with Crippen LogP contribution in [0, 0.1) is 0 Å². The van der Waals surface area contributed by atoms with Crippen LogP contribution in [0.5, 0.6) is 0 Å². The molecule has 0 aliphatic carbocycles. The molecule has 2 nitrogen and oxygen atoms in total. The van der Waals surface area contributed by atoms with Crippen molar-refractivity contribution in [3.05, 3.63) is 0 Å². The van der Waals surface area contributed by atoms with E-state index in [1.54, 1.807) is 0 Å². The van der Waals surface area contributed by atoms with Crippen LogP contribution in [0.25, 0.3) is 0 Å². The molecule has 1 rings (SSSR count). The lowest BCUT2D eigenvalue weighted by Gasteiger charge is -2.32. The van der Waals surface area contributed by atoms with Crippen LogP contribution < -0.4 is 5.32 Å². The van der Waals surface area contributed by atoms with Crippen molar-refractivity contribution in [2.24, 2.45) is 0 Å². The fourth-order valence-electron chi connectivity index (χ4n) is 2.60. The number of hydrogen-bond acceptors (Lipinski definition) is 2. The van der Waals surface area contributed by atoms with Crippen LogP contribution in [0.4, 0.5) is 0 Å². The summed E-state index contributed by atoms with van der Waals surface area (Å²) in [5, 5.41) is 3.73. The van der Waals surface area contributed by atoms with Crippen molar-refractivity contribution in [1.29, 1.82) is 0 Å². The highest BCUT2D eigenvalue weighted by Crippen LogP contribution is 2.11. The summed E-state index contributed by atoms with van der Waals surface area (Å²) in [7, 11) is 0. The topological polar surface area (TPSA) is 15.3 Å². The Balaban J connectivity index is 1.95. The van der Waals surface area contributed by atoms with Gasteiger partial charge in [-0.1, -0.05) is 39.5 Å². The molecule has 0 unspecified atom stereocenters. The predicted molar refractivity (Wildman–Crippen MR) is 76.5 cm³/mol. The second kappa shape index (κ2) is 9.90. The second-order valence-electron chi connectivity index (χ2n) is 5.48. The van der Waals surface area contributed by atoms with E-state index in [0.29, 0.717) is 0 Å². The largest absolute Gasteiger partial charge is 0.314 e. The smallest absolute Gasteiger partial charge is 0.00914 e. The van der Waals surface area contributed by atoms with Crippen molar-refractivity contribution in [2.75, 3.05) is 26.2 Å². The minimum absolute atomic E-state index is 0.800. The van der Waals surface area contributed by atoms with Gasteiger partial charge in [0.2, 0.25) is 0 Å². The molecule has 0 aromatic carbocycles. The summed E-state index contributed by atoms with van der Waals surface area (Å²) in [6.07, 6.45) is 10.9. The van der Waals surface area contributed by atoms with Crippen LogP contribution in [-0.2, 0) is 0 Å². The molecule has 0 bridgehead atoms.